The zero-order chi connectivity index (χ0) is 13.1. The molecule has 0 saturated heterocycles. The van der Waals surface area contributed by atoms with Crippen molar-refractivity contribution in [1.82, 2.24) is 4.98 Å². The highest BCUT2D eigenvalue weighted by atomic mass is 32.1. The molecule has 1 aromatic heterocycles. The molecule has 0 fully saturated rings. The lowest BCUT2D eigenvalue weighted by Crippen LogP contribution is -2.07. The number of anilines is 1. The van der Waals surface area contributed by atoms with Gasteiger partial charge in [0.25, 0.3) is 0 Å². The van der Waals surface area contributed by atoms with Crippen LogP contribution in [0.25, 0.3) is 11.3 Å². The van der Waals surface area contributed by atoms with Crippen molar-refractivity contribution in [3.63, 3.8) is 0 Å². The molecule has 0 amide bonds. The summed E-state index contributed by atoms with van der Waals surface area (Å²) in [6.07, 6.45) is 0. The highest BCUT2D eigenvalue weighted by molar-refractivity contribution is 7.16. The van der Waals surface area contributed by atoms with Gasteiger partial charge in [-0.25, -0.2) is 4.98 Å². The molecule has 0 bridgehead atoms. The second-order valence-electron chi connectivity index (χ2n) is 4.02. The highest BCUT2D eigenvalue weighted by Crippen LogP contribution is 2.36. The molecule has 0 saturated carbocycles. The van der Waals surface area contributed by atoms with Gasteiger partial charge in [0.05, 0.1) is 24.3 Å². The second kappa shape index (κ2) is 5.37. The monoisotopic (exact) mass is 264 g/mol. The number of ether oxygens (including phenoxy) is 1. The van der Waals surface area contributed by atoms with Gasteiger partial charge in [-0.15, -0.1) is 0 Å². The highest BCUT2D eigenvalue weighted by Gasteiger charge is 2.16. The molecule has 96 valence electrons. The van der Waals surface area contributed by atoms with Crippen LogP contribution in [-0.2, 0) is 6.61 Å². The maximum absolute atomic E-state index is 9.45. The van der Waals surface area contributed by atoms with Crippen molar-refractivity contribution in [1.29, 1.82) is 0 Å². The van der Waals surface area contributed by atoms with Gasteiger partial charge < -0.3 is 14.7 Å². The predicted octanol–water partition coefficient (Wildman–Crippen LogP) is 2.38. The maximum atomic E-state index is 9.45. The smallest absolute Gasteiger partial charge is 0.185 e. The van der Waals surface area contributed by atoms with Crippen LogP contribution >= 0.6 is 11.3 Å². The van der Waals surface area contributed by atoms with E-state index in [4.69, 9.17) is 4.74 Å². The zero-order valence-corrected chi connectivity index (χ0v) is 11.5. The minimum Gasteiger partial charge on any atom is -0.496 e. The molecule has 0 spiro atoms. The second-order valence-corrected chi connectivity index (χ2v) is 5.08. The van der Waals surface area contributed by atoms with E-state index in [9.17, 15) is 5.11 Å². The van der Waals surface area contributed by atoms with Crippen LogP contribution in [0.5, 0.6) is 5.75 Å². The van der Waals surface area contributed by atoms with E-state index in [1.54, 1.807) is 7.11 Å². The molecule has 0 atom stereocenters. The number of hydrogen-bond donors (Lipinski definition) is 1. The van der Waals surface area contributed by atoms with Gasteiger partial charge in [0.15, 0.2) is 5.13 Å². The minimum absolute atomic E-state index is 0.0150. The summed E-state index contributed by atoms with van der Waals surface area (Å²) >= 11 is 1.49. The summed E-state index contributed by atoms with van der Waals surface area (Å²) in [4.78, 5) is 7.35. The van der Waals surface area contributed by atoms with Crippen LogP contribution in [0.15, 0.2) is 24.3 Å². The van der Waals surface area contributed by atoms with Crippen LogP contribution < -0.4 is 9.64 Å². The summed E-state index contributed by atoms with van der Waals surface area (Å²) in [7, 11) is 5.51. The van der Waals surface area contributed by atoms with E-state index in [0.717, 1.165) is 27.0 Å². The van der Waals surface area contributed by atoms with E-state index < -0.39 is 0 Å². The lowest BCUT2D eigenvalue weighted by Gasteiger charge is -2.07. The molecule has 1 aromatic carbocycles. The summed E-state index contributed by atoms with van der Waals surface area (Å²) < 4.78 is 5.34. The van der Waals surface area contributed by atoms with E-state index in [2.05, 4.69) is 4.98 Å². The van der Waals surface area contributed by atoms with E-state index >= 15 is 0 Å². The van der Waals surface area contributed by atoms with Crippen molar-refractivity contribution >= 4 is 16.5 Å². The van der Waals surface area contributed by atoms with Crippen LogP contribution in [0.4, 0.5) is 5.13 Å². The fourth-order valence-corrected chi connectivity index (χ4v) is 2.55. The van der Waals surface area contributed by atoms with Crippen molar-refractivity contribution in [2.45, 2.75) is 6.61 Å². The van der Waals surface area contributed by atoms with Gasteiger partial charge in [-0.2, -0.15) is 0 Å². The number of methoxy groups -OCH3 is 1. The minimum atomic E-state index is -0.0150. The standard InChI is InChI=1S/C13H16N2O2S/c1-15(2)13-14-12(11(8-16)18-13)9-6-4-5-7-10(9)17-3/h4-7,16H,8H2,1-3H3. The lowest BCUT2D eigenvalue weighted by molar-refractivity contribution is 0.286. The Bertz CT molecular complexity index is 538. The first-order valence-corrected chi connectivity index (χ1v) is 6.40. The molecule has 0 aliphatic carbocycles. The number of aliphatic hydroxyl groups is 1. The number of nitrogens with zero attached hydrogens (tertiary/aromatic N) is 2. The van der Waals surface area contributed by atoms with E-state index in [0.29, 0.717) is 0 Å². The first kappa shape index (κ1) is 12.9. The largest absolute Gasteiger partial charge is 0.496 e. The summed E-state index contributed by atoms with van der Waals surface area (Å²) in [5.74, 6) is 0.766. The average molecular weight is 264 g/mol. The van der Waals surface area contributed by atoms with E-state index in [-0.39, 0.29) is 6.61 Å². The molecule has 0 radical (unpaired) electrons. The third-order valence-corrected chi connectivity index (χ3v) is 3.78. The Morgan fingerprint density at radius 3 is 2.67 bits per heavy atom. The van der Waals surface area contributed by atoms with E-state index in [1.165, 1.54) is 11.3 Å². The van der Waals surface area contributed by atoms with Crippen molar-refractivity contribution in [2.24, 2.45) is 0 Å². The van der Waals surface area contributed by atoms with Crippen LogP contribution in [0.1, 0.15) is 4.88 Å². The SMILES string of the molecule is COc1ccccc1-c1nc(N(C)C)sc1CO. The molecule has 0 unspecified atom stereocenters. The predicted molar refractivity (Wildman–Crippen MR) is 74.4 cm³/mol. The summed E-state index contributed by atoms with van der Waals surface area (Å²) in [5, 5.41) is 10.3. The lowest BCUT2D eigenvalue weighted by atomic mass is 10.1. The van der Waals surface area contributed by atoms with Crippen molar-refractivity contribution < 1.29 is 9.84 Å². The number of benzene rings is 1. The van der Waals surface area contributed by atoms with Crippen LogP contribution in [0, 0.1) is 0 Å². The summed E-state index contributed by atoms with van der Waals surface area (Å²) in [5.41, 5.74) is 1.71. The Morgan fingerprint density at radius 1 is 1.33 bits per heavy atom. The molecule has 0 aliphatic heterocycles. The molecular formula is C13H16N2O2S. The average Bonchev–Trinajstić information content (AvgIpc) is 2.82. The number of thiazole rings is 1. The van der Waals surface area contributed by atoms with E-state index in [1.807, 2.05) is 43.3 Å². The van der Waals surface area contributed by atoms with Crippen molar-refractivity contribution in [2.75, 3.05) is 26.1 Å². The fourth-order valence-electron chi connectivity index (χ4n) is 1.69. The quantitative estimate of drug-likeness (QED) is 0.921. The Labute approximate surface area is 110 Å². The summed E-state index contributed by atoms with van der Waals surface area (Å²) in [6.45, 7) is -0.0150. The third-order valence-electron chi connectivity index (χ3n) is 2.57. The van der Waals surface area contributed by atoms with Crippen LogP contribution in [0.3, 0.4) is 0 Å². The molecule has 1 heterocycles. The Hall–Kier alpha value is -1.59. The van der Waals surface area contributed by atoms with Gasteiger partial charge in [0.1, 0.15) is 5.75 Å². The molecular weight excluding hydrogens is 248 g/mol. The van der Waals surface area contributed by atoms with Crippen molar-refractivity contribution in [3.8, 4) is 17.0 Å². The van der Waals surface area contributed by atoms with Gasteiger partial charge in [-0.3, -0.25) is 0 Å². The van der Waals surface area contributed by atoms with Crippen molar-refractivity contribution in [3.05, 3.63) is 29.1 Å². The van der Waals surface area contributed by atoms with Crippen LogP contribution in [0.2, 0.25) is 0 Å². The van der Waals surface area contributed by atoms with Gasteiger partial charge in [0.2, 0.25) is 0 Å². The molecule has 1 N–H and O–H groups in total. The van der Waals surface area contributed by atoms with Gasteiger partial charge in [-0.1, -0.05) is 23.5 Å². The first-order valence-electron chi connectivity index (χ1n) is 5.58. The number of para-hydroxylation sites is 1. The third kappa shape index (κ3) is 2.32. The zero-order valence-electron chi connectivity index (χ0n) is 10.7. The number of aliphatic hydroxyl groups excluding tert-OH is 1. The molecule has 18 heavy (non-hydrogen) atoms. The first-order chi connectivity index (χ1) is 8.67. The number of rotatable bonds is 4. The van der Waals surface area contributed by atoms with Gasteiger partial charge in [0, 0.05) is 19.7 Å². The van der Waals surface area contributed by atoms with Gasteiger partial charge >= 0.3 is 0 Å². The fraction of sp³-hybridized carbons (Fsp3) is 0.308. The molecule has 2 rings (SSSR count). The molecule has 4 nitrogen and oxygen atoms in total. The number of aromatic nitrogens is 1. The molecule has 0 aliphatic rings. The Kier molecular flexibility index (Phi) is 3.84. The maximum Gasteiger partial charge on any atom is 0.185 e. The molecule has 5 heteroatoms. The van der Waals surface area contributed by atoms with Gasteiger partial charge in [-0.05, 0) is 12.1 Å². The normalized spacial score (nSPS) is 10.4. The Balaban J connectivity index is 2.55. The summed E-state index contributed by atoms with van der Waals surface area (Å²) in [6, 6.07) is 7.70. The van der Waals surface area contributed by atoms with Crippen LogP contribution in [-0.4, -0.2) is 31.3 Å². The topological polar surface area (TPSA) is 45.6 Å². The molecule has 2 aromatic rings. The Morgan fingerprint density at radius 2 is 2.06 bits per heavy atom. The number of hydrogen-bond acceptors (Lipinski definition) is 5.